The van der Waals surface area contributed by atoms with E-state index in [1.807, 2.05) is 12.1 Å². The lowest BCUT2D eigenvalue weighted by Crippen LogP contribution is -3.00. The molecular weight excluding hydrogens is 284 g/mol. The first-order valence-corrected chi connectivity index (χ1v) is 7.57. The summed E-state index contributed by atoms with van der Waals surface area (Å²) in [5, 5.41) is 0. The highest BCUT2D eigenvalue weighted by Gasteiger charge is 2.17. The molecule has 0 radical (unpaired) electrons. The topological polar surface area (TPSA) is 32.5 Å². The largest absolute Gasteiger partial charge is 1.00 e. The first-order chi connectivity index (χ1) is 9.44. The number of rotatable bonds is 4. The van der Waals surface area contributed by atoms with Crippen molar-refractivity contribution in [3.05, 3.63) is 24.3 Å². The minimum Gasteiger partial charge on any atom is -1.00 e. The first kappa shape index (κ1) is 18.1. The number of nitrogens with two attached hydrogens (primary N) is 1. The minimum atomic E-state index is 0. The van der Waals surface area contributed by atoms with Crippen molar-refractivity contribution in [1.82, 2.24) is 4.90 Å². The van der Waals surface area contributed by atoms with Crippen molar-refractivity contribution in [1.29, 1.82) is 0 Å². The number of hydrogen-bond acceptors (Lipinski definition) is 3. The number of hydrogen-bond donors (Lipinski definition) is 1. The predicted molar refractivity (Wildman–Crippen MR) is 87.0 cm³/mol. The number of halogens is 1. The summed E-state index contributed by atoms with van der Waals surface area (Å²) >= 11 is 0. The van der Waals surface area contributed by atoms with Crippen molar-refractivity contribution < 1.29 is 16.9 Å². The van der Waals surface area contributed by atoms with Crippen molar-refractivity contribution in [3.63, 3.8) is 0 Å². The third-order valence-corrected chi connectivity index (χ3v) is 3.93. The van der Waals surface area contributed by atoms with Crippen LogP contribution < -0.4 is 23.0 Å². The summed E-state index contributed by atoms with van der Waals surface area (Å²) in [5.74, 6) is 0. The van der Waals surface area contributed by atoms with E-state index in [1.54, 1.807) is 0 Å². The molecule has 0 unspecified atom stereocenters. The van der Waals surface area contributed by atoms with E-state index in [1.165, 1.54) is 31.7 Å². The number of nitrogens with zero attached hydrogens (tertiary/aromatic N) is 3. The summed E-state index contributed by atoms with van der Waals surface area (Å²) in [4.78, 5) is 5.08. The summed E-state index contributed by atoms with van der Waals surface area (Å²) < 4.78 is 1.04. The van der Waals surface area contributed by atoms with Crippen LogP contribution in [-0.2, 0) is 0 Å². The molecule has 1 aromatic carbocycles. The molecule has 0 aromatic heterocycles. The molecule has 1 aliphatic rings. The number of anilines is 2. The Kier molecular flexibility index (Phi) is 6.78. The van der Waals surface area contributed by atoms with E-state index in [0.29, 0.717) is 0 Å². The van der Waals surface area contributed by atoms with Gasteiger partial charge >= 0.3 is 0 Å². The molecular formula is C16H29ClN4. The van der Waals surface area contributed by atoms with Gasteiger partial charge in [-0.05, 0) is 30.7 Å². The molecule has 0 saturated carbocycles. The van der Waals surface area contributed by atoms with Crippen molar-refractivity contribution >= 4 is 11.4 Å². The van der Waals surface area contributed by atoms with Crippen LogP contribution in [0.5, 0.6) is 0 Å². The lowest BCUT2D eigenvalue weighted by atomic mass is 10.2. The highest BCUT2D eigenvalue weighted by molar-refractivity contribution is 5.53. The summed E-state index contributed by atoms with van der Waals surface area (Å²) in [6.07, 6.45) is 1.24. The lowest BCUT2D eigenvalue weighted by molar-refractivity contribution is -0.869. The van der Waals surface area contributed by atoms with Crippen LogP contribution in [0.1, 0.15) is 6.42 Å². The van der Waals surface area contributed by atoms with E-state index in [2.05, 4.69) is 43.1 Å². The van der Waals surface area contributed by atoms with E-state index in [4.69, 9.17) is 5.73 Å². The minimum absolute atomic E-state index is 0. The van der Waals surface area contributed by atoms with Crippen LogP contribution in [0.2, 0.25) is 0 Å². The Morgan fingerprint density at radius 3 is 2.29 bits per heavy atom. The van der Waals surface area contributed by atoms with Gasteiger partial charge in [-0.3, -0.25) is 4.90 Å². The van der Waals surface area contributed by atoms with Gasteiger partial charge in [0, 0.05) is 44.1 Å². The fraction of sp³-hybridized carbons (Fsp3) is 0.625. The van der Waals surface area contributed by atoms with Gasteiger partial charge in [-0.1, -0.05) is 0 Å². The number of likely N-dealkylation sites (N-methyl/N-ethyl adjacent to an activating group) is 1. The maximum atomic E-state index is 5.76. The van der Waals surface area contributed by atoms with E-state index in [9.17, 15) is 0 Å². The third-order valence-electron chi connectivity index (χ3n) is 3.93. The van der Waals surface area contributed by atoms with Crippen molar-refractivity contribution in [2.75, 3.05) is 71.0 Å². The second kappa shape index (κ2) is 7.87. The first-order valence-electron chi connectivity index (χ1n) is 7.57. The van der Waals surface area contributed by atoms with Gasteiger partial charge in [0.2, 0.25) is 0 Å². The molecule has 0 bridgehead atoms. The Balaban J connectivity index is 0.00000220. The summed E-state index contributed by atoms with van der Waals surface area (Å²) in [6, 6.07) is 8.26. The maximum Gasteiger partial charge on any atom is 0.0909 e. The standard InChI is InChI=1S/C16H29N4.ClH/c1-20(2,3)14-13-18-9-4-10-19(12-11-18)16-7-5-15(17)6-8-16;/h5-8H,4,9-14,17H2,1-3H3;1H/q+1;/p-1. The Bertz CT molecular complexity index is 413. The maximum absolute atomic E-state index is 5.76. The fourth-order valence-electron chi connectivity index (χ4n) is 2.58. The zero-order chi connectivity index (χ0) is 14.6. The van der Waals surface area contributed by atoms with E-state index in [0.717, 1.165) is 29.8 Å². The zero-order valence-electron chi connectivity index (χ0n) is 13.6. The molecule has 0 spiro atoms. The van der Waals surface area contributed by atoms with Crippen LogP contribution in [-0.4, -0.2) is 69.8 Å². The molecule has 1 saturated heterocycles. The molecule has 0 aliphatic carbocycles. The Labute approximate surface area is 135 Å². The molecule has 1 aromatic rings. The van der Waals surface area contributed by atoms with Gasteiger partial charge in [-0.15, -0.1) is 0 Å². The van der Waals surface area contributed by atoms with Crippen LogP contribution in [0.25, 0.3) is 0 Å². The Hall–Kier alpha value is -0.970. The predicted octanol–water partition coefficient (Wildman–Crippen LogP) is -1.51. The molecule has 1 aliphatic heterocycles. The highest BCUT2D eigenvalue weighted by Crippen LogP contribution is 2.18. The Morgan fingerprint density at radius 2 is 1.67 bits per heavy atom. The van der Waals surface area contributed by atoms with Crippen LogP contribution in [0.15, 0.2) is 24.3 Å². The monoisotopic (exact) mass is 312 g/mol. The Morgan fingerprint density at radius 1 is 1.00 bits per heavy atom. The van der Waals surface area contributed by atoms with Crippen LogP contribution in [0.4, 0.5) is 11.4 Å². The second-order valence-corrected chi connectivity index (χ2v) is 6.79. The quantitative estimate of drug-likeness (QED) is 0.542. The van der Waals surface area contributed by atoms with Gasteiger partial charge < -0.3 is 27.5 Å². The van der Waals surface area contributed by atoms with Crippen LogP contribution in [0, 0.1) is 0 Å². The van der Waals surface area contributed by atoms with E-state index < -0.39 is 0 Å². The number of benzene rings is 1. The molecule has 21 heavy (non-hydrogen) atoms. The molecule has 0 atom stereocenters. The molecule has 5 heteroatoms. The van der Waals surface area contributed by atoms with Crippen LogP contribution in [0.3, 0.4) is 0 Å². The number of quaternary nitrogens is 1. The van der Waals surface area contributed by atoms with Crippen molar-refractivity contribution in [3.8, 4) is 0 Å². The lowest BCUT2D eigenvalue weighted by Gasteiger charge is -2.28. The van der Waals surface area contributed by atoms with Gasteiger partial charge in [0.1, 0.15) is 0 Å². The molecule has 2 rings (SSSR count). The fourth-order valence-corrected chi connectivity index (χ4v) is 2.58. The molecule has 4 nitrogen and oxygen atoms in total. The van der Waals surface area contributed by atoms with E-state index >= 15 is 0 Å². The summed E-state index contributed by atoms with van der Waals surface area (Å²) in [5.41, 5.74) is 7.90. The summed E-state index contributed by atoms with van der Waals surface area (Å²) in [6.45, 7) is 7.03. The second-order valence-electron chi connectivity index (χ2n) is 6.79. The zero-order valence-corrected chi connectivity index (χ0v) is 14.3. The smallest absolute Gasteiger partial charge is 0.0909 e. The average molecular weight is 313 g/mol. The summed E-state index contributed by atoms with van der Waals surface area (Å²) in [7, 11) is 6.79. The van der Waals surface area contributed by atoms with Gasteiger partial charge in [-0.2, -0.15) is 0 Å². The average Bonchev–Trinajstić information content (AvgIpc) is 2.62. The van der Waals surface area contributed by atoms with E-state index in [-0.39, 0.29) is 12.4 Å². The van der Waals surface area contributed by atoms with Gasteiger partial charge in [0.05, 0.1) is 27.7 Å². The van der Waals surface area contributed by atoms with Gasteiger partial charge in [0.25, 0.3) is 0 Å². The normalized spacial score (nSPS) is 17.2. The molecule has 2 N–H and O–H groups in total. The molecule has 0 amide bonds. The van der Waals surface area contributed by atoms with Gasteiger partial charge in [0.15, 0.2) is 0 Å². The third kappa shape index (κ3) is 6.12. The molecule has 120 valence electrons. The highest BCUT2D eigenvalue weighted by atomic mass is 35.5. The van der Waals surface area contributed by atoms with Gasteiger partial charge in [-0.25, -0.2) is 0 Å². The van der Waals surface area contributed by atoms with Crippen molar-refractivity contribution in [2.45, 2.75) is 6.42 Å². The number of nitrogen functional groups attached to an aromatic ring is 1. The van der Waals surface area contributed by atoms with Crippen molar-refractivity contribution in [2.24, 2.45) is 0 Å². The SMILES string of the molecule is C[N+](C)(C)CCN1CCCN(c2ccc(N)cc2)CC1.[Cl-]. The molecule has 1 fully saturated rings. The molecule has 1 heterocycles. The van der Waals surface area contributed by atoms with Crippen LogP contribution >= 0.6 is 0 Å².